The highest BCUT2D eigenvalue weighted by atomic mass is 16.5. The molecular weight excluding hydrogens is 420 g/mol. The molecule has 3 aromatic rings. The first-order valence-electron chi connectivity index (χ1n) is 10.9. The predicted molar refractivity (Wildman–Crippen MR) is 125 cm³/mol. The number of hydrogen-bond acceptors (Lipinski definition) is 6. The third-order valence-electron chi connectivity index (χ3n) is 5.54. The van der Waals surface area contributed by atoms with Crippen LogP contribution in [0.2, 0.25) is 0 Å². The molecule has 0 aliphatic heterocycles. The number of amides is 1. The van der Waals surface area contributed by atoms with Crippen LogP contribution >= 0.6 is 0 Å². The molecule has 1 amide bonds. The van der Waals surface area contributed by atoms with E-state index in [9.17, 15) is 9.59 Å². The molecule has 172 valence electrons. The van der Waals surface area contributed by atoms with Gasteiger partial charge in [0.15, 0.2) is 0 Å². The number of carbonyl (C=O) groups excluding carboxylic acids is 2. The summed E-state index contributed by atoms with van der Waals surface area (Å²) in [5.41, 5.74) is 0.627. The maximum Gasteiger partial charge on any atom is 0.329 e. The highest BCUT2D eigenvalue weighted by molar-refractivity contribution is 5.92. The summed E-state index contributed by atoms with van der Waals surface area (Å²) in [4.78, 5) is 25.3. The molecule has 1 saturated carbocycles. The van der Waals surface area contributed by atoms with E-state index in [2.05, 4.69) is 10.6 Å². The monoisotopic (exact) mass is 448 g/mol. The molecule has 4 rings (SSSR count). The summed E-state index contributed by atoms with van der Waals surface area (Å²) in [7, 11) is 1.31. The average molecular weight is 449 g/mol. The zero-order valence-corrected chi connectivity index (χ0v) is 18.8. The minimum Gasteiger partial charge on any atom is -0.491 e. The Morgan fingerprint density at radius 3 is 2.39 bits per heavy atom. The number of carbonyl (C=O) groups is 2. The van der Waals surface area contributed by atoms with Crippen LogP contribution < -0.4 is 15.4 Å². The van der Waals surface area contributed by atoms with Gasteiger partial charge in [0, 0.05) is 12.0 Å². The topological polar surface area (TPSA) is 94.5 Å². The summed E-state index contributed by atoms with van der Waals surface area (Å²) in [6, 6.07) is 20.7. The van der Waals surface area contributed by atoms with Crippen molar-refractivity contribution < 1.29 is 19.1 Å². The minimum absolute atomic E-state index is 0.00471. The number of nitrogens with one attached hydrogen (secondary N) is 2. The van der Waals surface area contributed by atoms with E-state index in [1.807, 2.05) is 54.6 Å². The van der Waals surface area contributed by atoms with Crippen LogP contribution in [0.1, 0.15) is 31.4 Å². The molecule has 0 bridgehead atoms. The Bertz CT molecular complexity index is 1100. The molecule has 33 heavy (non-hydrogen) atoms. The van der Waals surface area contributed by atoms with Crippen LogP contribution in [-0.4, -0.2) is 47.5 Å². The predicted octanol–water partition coefficient (Wildman–Crippen LogP) is 3.29. The molecule has 1 fully saturated rings. The van der Waals surface area contributed by atoms with Crippen molar-refractivity contribution in [1.29, 1.82) is 0 Å². The molecule has 0 saturated heterocycles. The van der Waals surface area contributed by atoms with Gasteiger partial charge in [-0.05, 0) is 44.0 Å². The van der Waals surface area contributed by atoms with Gasteiger partial charge in [0.05, 0.1) is 25.0 Å². The third-order valence-corrected chi connectivity index (χ3v) is 5.54. The Balaban J connectivity index is 1.43. The van der Waals surface area contributed by atoms with E-state index < -0.39 is 11.5 Å². The van der Waals surface area contributed by atoms with Crippen molar-refractivity contribution in [3.8, 4) is 11.4 Å². The van der Waals surface area contributed by atoms with E-state index in [4.69, 9.17) is 14.6 Å². The third kappa shape index (κ3) is 5.59. The van der Waals surface area contributed by atoms with Gasteiger partial charge in [-0.25, -0.2) is 9.48 Å². The van der Waals surface area contributed by atoms with E-state index in [-0.39, 0.29) is 19.1 Å². The lowest BCUT2D eigenvalue weighted by molar-refractivity contribution is -0.149. The first kappa shape index (κ1) is 22.5. The van der Waals surface area contributed by atoms with Gasteiger partial charge in [-0.15, -0.1) is 0 Å². The fraction of sp³-hybridized carbons (Fsp3) is 0.320. The quantitative estimate of drug-likeness (QED) is 0.462. The van der Waals surface area contributed by atoms with Crippen molar-refractivity contribution in [3.05, 3.63) is 72.4 Å². The lowest BCUT2D eigenvalue weighted by Crippen LogP contribution is -2.56. The molecule has 0 radical (unpaired) electrons. The Hall–Kier alpha value is -3.65. The van der Waals surface area contributed by atoms with Crippen molar-refractivity contribution in [1.82, 2.24) is 15.1 Å². The number of esters is 1. The fourth-order valence-corrected chi connectivity index (χ4v) is 3.45. The van der Waals surface area contributed by atoms with Crippen LogP contribution in [0.5, 0.6) is 5.75 Å². The SMILES string of the molecule is COC(=O)C(C)(COc1ccccc1)NCC(=O)Nc1cc(C2CC2)nn1-c1ccccc1. The average Bonchev–Trinajstić information content (AvgIpc) is 3.62. The summed E-state index contributed by atoms with van der Waals surface area (Å²) in [6.45, 7) is 1.54. The number of nitrogens with zero attached hydrogens (tertiary/aromatic N) is 2. The van der Waals surface area contributed by atoms with Crippen LogP contribution in [0.4, 0.5) is 5.82 Å². The van der Waals surface area contributed by atoms with E-state index >= 15 is 0 Å². The number of benzene rings is 2. The second kappa shape index (κ2) is 9.87. The van der Waals surface area contributed by atoms with E-state index in [0.29, 0.717) is 17.5 Å². The minimum atomic E-state index is -1.21. The smallest absolute Gasteiger partial charge is 0.329 e. The van der Waals surface area contributed by atoms with Gasteiger partial charge in [-0.3, -0.25) is 10.1 Å². The van der Waals surface area contributed by atoms with Crippen LogP contribution in [0.15, 0.2) is 66.7 Å². The zero-order valence-electron chi connectivity index (χ0n) is 18.8. The summed E-state index contributed by atoms with van der Waals surface area (Å²) in [6.07, 6.45) is 2.22. The van der Waals surface area contributed by atoms with E-state index in [0.717, 1.165) is 24.2 Å². The summed E-state index contributed by atoms with van der Waals surface area (Å²) in [5.74, 6) is 0.843. The molecule has 2 N–H and O–H groups in total. The van der Waals surface area contributed by atoms with Gasteiger partial charge < -0.3 is 14.8 Å². The van der Waals surface area contributed by atoms with Crippen molar-refractivity contribution in [3.63, 3.8) is 0 Å². The molecular formula is C25H28N4O4. The zero-order chi connectivity index (χ0) is 23.3. The standard InChI is InChI=1S/C25H28N4O4/c1-25(24(31)32-2,17-33-20-11-7-4-8-12-20)26-16-23(30)27-22-15-21(18-13-14-18)28-29(22)19-9-5-3-6-10-19/h3-12,15,18,26H,13-14,16-17H2,1-2H3,(H,27,30). The van der Waals surface area contributed by atoms with E-state index in [1.165, 1.54) is 7.11 Å². The van der Waals surface area contributed by atoms with Crippen molar-refractivity contribution in [2.24, 2.45) is 0 Å². The molecule has 1 unspecified atom stereocenters. The first-order chi connectivity index (χ1) is 16.0. The van der Waals surface area contributed by atoms with Crippen molar-refractivity contribution in [2.75, 3.05) is 25.6 Å². The summed E-state index contributed by atoms with van der Waals surface area (Å²) in [5, 5.41) is 10.6. The largest absolute Gasteiger partial charge is 0.491 e. The molecule has 1 heterocycles. The maximum atomic E-state index is 12.8. The maximum absolute atomic E-state index is 12.8. The van der Waals surface area contributed by atoms with Gasteiger partial charge in [-0.2, -0.15) is 5.10 Å². The van der Waals surface area contributed by atoms with Crippen molar-refractivity contribution >= 4 is 17.7 Å². The van der Waals surface area contributed by atoms with Gasteiger partial charge in [0.25, 0.3) is 0 Å². The Morgan fingerprint density at radius 2 is 1.76 bits per heavy atom. The highest BCUT2D eigenvalue weighted by Crippen LogP contribution is 2.40. The van der Waals surface area contributed by atoms with Crippen LogP contribution in [0, 0.1) is 0 Å². The molecule has 8 heteroatoms. The molecule has 2 aromatic carbocycles. The summed E-state index contributed by atoms with van der Waals surface area (Å²) < 4.78 is 12.4. The van der Waals surface area contributed by atoms with Crippen LogP contribution in [0.3, 0.4) is 0 Å². The Labute approximate surface area is 192 Å². The molecule has 8 nitrogen and oxygen atoms in total. The van der Waals surface area contributed by atoms with Crippen LogP contribution in [0.25, 0.3) is 5.69 Å². The molecule has 1 aliphatic carbocycles. The molecule has 1 aliphatic rings. The first-order valence-corrected chi connectivity index (χ1v) is 10.9. The molecule has 1 aromatic heterocycles. The van der Waals surface area contributed by atoms with Gasteiger partial charge >= 0.3 is 5.97 Å². The fourth-order valence-electron chi connectivity index (χ4n) is 3.45. The normalized spacial score (nSPS) is 14.8. The molecule has 0 spiro atoms. The molecule has 1 atom stereocenters. The number of aromatic nitrogens is 2. The highest BCUT2D eigenvalue weighted by Gasteiger charge is 2.36. The number of hydrogen-bond donors (Lipinski definition) is 2. The second-order valence-electron chi connectivity index (χ2n) is 8.30. The van der Waals surface area contributed by atoms with Crippen LogP contribution in [-0.2, 0) is 14.3 Å². The number of rotatable bonds is 10. The Kier molecular flexibility index (Phi) is 6.74. The number of ether oxygens (including phenoxy) is 2. The van der Waals surface area contributed by atoms with Gasteiger partial charge in [0.2, 0.25) is 5.91 Å². The number of anilines is 1. The van der Waals surface area contributed by atoms with E-state index in [1.54, 1.807) is 23.7 Å². The van der Waals surface area contributed by atoms with Gasteiger partial charge in [-0.1, -0.05) is 36.4 Å². The number of methoxy groups -OCH3 is 1. The lowest BCUT2D eigenvalue weighted by atomic mass is 10.0. The second-order valence-corrected chi connectivity index (χ2v) is 8.30. The lowest BCUT2D eigenvalue weighted by Gasteiger charge is -2.27. The van der Waals surface area contributed by atoms with Crippen molar-refractivity contribution in [2.45, 2.75) is 31.2 Å². The Morgan fingerprint density at radius 1 is 1.09 bits per heavy atom. The van der Waals surface area contributed by atoms with Gasteiger partial charge in [0.1, 0.15) is 23.7 Å². The number of para-hydroxylation sites is 2. The summed E-state index contributed by atoms with van der Waals surface area (Å²) >= 11 is 0.